The Labute approximate surface area is 162 Å². The second-order valence-corrected chi connectivity index (χ2v) is 6.66. The van der Waals surface area contributed by atoms with Gasteiger partial charge in [0.05, 0.1) is 23.6 Å². The lowest BCUT2D eigenvalue weighted by atomic mass is 10.2. The molecule has 0 aliphatic heterocycles. The van der Waals surface area contributed by atoms with Crippen LogP contribution in [0, 0.1) is 6.92 Å². The zero-order valence-electron chi connectivity index (χ0n) is 16.3. The van der Waals surface area contributed by atoms with Gasteiger partial charge < -0.3 is 5.32 Å². The van der Waals surface area contributed by atoms with Crippen LogP contribution in [0.25, 0.3) is 16.9 Å². The summed E-state index contributed by atoms with van der Waals surface area (Å²) in [6.07, 6.45) is 5.24. The number of aromatic nitrogens is 7. The summed E-state index contributed by atoms with van der Waals surface area (Å²) < 4.78 is 5.34. The molecule has 4 heterocycles. The number of hydrogen-bond donors (Lipinski definition) is 1. The molecule has 9 heteroatoms. The van der Waals surface area contributed by atoms with Crippen LogP contribution in [0.2, 0.25) is 0 Å². The number of rotatable bonds is 5. The van der Waals surface area contributed by atoms with Crippen LogP contribution in [0.3, 0.4) is 0 Å². The highest BCUT2D eigenvalue weighted by Crippen LogP contribution is 2.23. The van der Waals surface area contributed by atoms with Crippen LogP contribution in [0.15, 0.2) is 36.8 Å². The first-order valence-electron chi connectivity index (χ1n) is 9.16. The van der Waals surface area contributed by atoms with Gasteiger partial charge in [0.25, 0.3) is 5.91 Å². The van der Waals surface area contributed by atoms with Crippen molar-refractivity contribution in [2.75, 3.05) is 0 Å². The summed E-state index contributed by atoms with van der Waals surface area (Å²) in [5, 5.41) is 16.0. The van der Waals surface area contributed by atoms with E-state index < -0.39 is 0 Å². The van der Waals surface area contributed by atoms with Gasteiger partial charge in [0.2, 0.25) is 0 Å². The Morgan fingerprint density at radius 3 is 2.79 bits per heavy atom. The van der Waals surface area contributed by atoms with Crippen LogP contribution >= 0.6 is 0 Å². The molecular weight excluding hydrogens is 356 g/mol. The Morgan fingerprint density at radius 2 is 2.07 bits per heavy atom. The molecule has 0 aromatic carbocycles. The zero-order valence-corrected chi connectivity index (χ0v) is 16.3. The van der Waals surface area contributed by atoms with Crippen molar-refractivity contribution in [3.05, 3.63) is 53.9 Å². The Bertz CT molecular complexity index is 1150. The second kappa shape index (κ2) is 6.91. The van der Waals surface area contributed by atoms with Gasteiger partial charge in [-0.1, -0.05) is 0 Å². The smallest absolute Gasteiger partial charge is 0.272 e. The number of nitrogens with one attached hydrogen (secondary N) is 1. The molecule has 0 aliphatic carbocycles. The molecule has 0 saturated carbocycles. The van der Waals surface area contributed by atoms with E-state index in [4.69, 9.17) is 0 Å². The fraction of sp³-hybridized carbons (Fsp3) is 0.316. The molecule has 144 valence electrons. The Hall–Kier alpha value is -3.49. The molecule has 4 aromatic heterocycles. The fourth-order valence-corrected chi connectivity index (χ4v) is 3.28. The Kier molecular flexibility index (Phi) is 4.42. The second-order valence-electron chi connectivity index (χ2n) is 6.66. The average molecular weight is 378 g/mol. The fourth-order valence-electron chi connectivity index (χ4n) is 3.28. The monoisotopic (exact) mass is 378 g/mol. The lowest BCUT2D eigenvalue weighted by molar-refractivity contribution is 0.0933. The van der Waals surface area contributed by atoms with E-state index in [1.165, 1.54) is 0 Å². The average Bonchev–Trinajstić information content (AvgIpc) is 3.40. The Balaban J connectivity index is 1.66. The third kappa shape index (κ3) is 2.94. The minimum atomic E-state index is -0.254. The quantitative estimate of drug-likeness (QED) is 0.574. The first kappa shape index (κ1) is 17.9. The highest BCUT2D eigenvalue weighted by molar-refractivity contribution is 5.93. The molecule has 0 radical (unpaired) electrons. The molecule has 1 amide bonds. The van der Waals surface area contributed by atoms with Gasteiger partial charge in [-0.05, 0) is 32.9 Å². The number of carbonyl (C=O) groups excluding carboxylic acids is 1. The maximum atomic E-state index is 12.8. The van der Waals surface area contributed by atoms with Crippen molar-refractivity contribution in [2.24, 2.45) is 7.05 Å². The minimum absolute atomic E-state index is 0.187. The van der Waals surface area contributed by atoms with Crippen molar-refractivity contribution in [2.45, 2.75) is 33.4 Å². The maximum Gasteiger partial charge on any atom is 0.272 e. The van der Waals surface area contributed by atoms with E-state index in [0.29, 0.717) is 11.3 Å². The normalized spacial score (nSPS) is 12.4. The minimum Gasteiger partial charge on any atom is -0.343 e. The van der Waals surface area contributed by atoms with Gasteiger partial charge in [0, 0.05) is 43.3 Å². The van der Waals surface area contributed by atoms with Crippen LogP contribution < -0.4 is 5.32 Å². The lowest BCUT2D eigenvalue weighted by Crippen LogP contribution is -2.28. The molecule has 4 rings (SSSR count). The maximum absolute atomic E-state index is 12.8. The SMILES string of the molecule is CCn1nccc1C(C)NC(=O)c1cc2nccc(-c3cnn(C)c3C)n2n1. The summed E-state index contributed by atoms with van der Waals surface area (Å²) >= 11 is 0. The summed E-state index contributed by atoms with van der Waals surface area (Å²) in [7, 11) is 1.89. The van der Waals surface area contributed by atoms with Crippen LogP contribution in [-0.2, 0) is 13.6 Å². The molecule has 0 aliphatic rings. The lowest BCUT2D eigenvalue weighted by Gasteiger charge is -2.14. The Morgan fingerprint density at radius 1 is 1.25 bits per heavy atom. The summed E-state index contributed by atoms with van der Waals surface area (Å²) in [5.74, 6) is -0.254. The topological polar surface area (TPSA) is 94.9 Å². The van der Waals surface area contributed by atoms with Crippen LogP contribution in [0.1, 0.15) is 41.8 Å². The van der Waals surface area contributed by atoms with E-state index in [1.807, 2.05) is 44.6 Å². The molecule has 1 unspecified atom stereocenters. The van der Waals surface area contributed by atoms with Gasteiger partial charge in [0.1, 0.15) is 0 Å². The van der Waals surface area contributed by atoms with Gasteiger partial charge >= 0.3 is 0 Å². The third-order valence-corrected chi connectivity index (χ3v) is 4.94. The molecule has 4 aromatic rings. The number of amides is 1. The van der Waals surface area contributed by atoms with Gasteiger partial charge in [0.15, 0.2) is 11.3 Å². The molecular formula is C19H22N8O. The van der Waals surface area contributed by atoms with Gasteiger partial charge in [-0.25, -0.2) is 9.50 Å². The van der Waals surface area contributed by atoms with Crippen LogP contribution in [-0.4, -0.2) is 40.1 Å². The van der Waals surface area contributed by atoms with Crippen molar-refractivity contribution >= 4 is 11.6 Å². The summed E-state index contributed by atoms with van der Waals surface area (Å²) in [5.41, 5.74) is 4.67. The third-order valence-electron chi connectivity index (χ3n) is 4.94. The van der Waals surface area contributed by atoms with E-state index in [9.17, 15) is 4.79 Å². The molecule has 0 saturated heterocycles. The van der Waals surface area contributed by atoms with E-state index in [1.54, 1.807) is 33.9 Å². The largest absolute Gasteiger partial charge is 0.343 e. The van der Waals surface area contributed by atoms with E-state index >= 15 is 0 Å². The summed E-state index contributed by atoms with van der Waals surface area (Å²) in [4.78, 5) is 17.1. The van der Waals surface area contributed by atoms with Crippen LogP contribution in [0.5, 0.6) is 0 Å². The number of fused-ring (bicyclic) bond motifs is 1. The van der Waals surface area contributed by atoms with Crippen molar-refractivity contribution in [1.82, 2.24) is 39.5 Å². The molecule has 1 N–H and O–H groups in total. The number of nitrogens with zero attached hydrogens (tertiary/aromatic N) is 7. The van der Waals surface area contributed by atoms with E-state index in [-0.39, 0.29) is 11.9 Å². The summed E-state index contributed by atoms with van der Waals surface area (Å²) in [6, 6.07) is 5.28. The first-order valence-corrected chi connectivity index (χ1v) is 9.16. The van der Waals surface area contributed by atoms with Gasteiger partial charge in [-0.15, -0.1) is 0 Å². The van der Waals surface area contributed by atoms with Gasteiger partial charge in [-0.3, -0.25) is 14.2 Å². The number of carbonyl (C=O) groups is 1. The molecule has 1 atom stereocenters. The van der Waals surface area contributed by atoms with Crippen LogP contribution in [0.4, 0.5) is 0 Å². The predicted octanol–water partition coefficient (Wildman–Crippen LogP) is 2.15. The van der Waals surface area contributed by atoms with Crippen molar-refractivity contribution in [3.63, 3.8) is 0 Å². The highest BCUT2D eigenvalue weighted by atomic mass is 16.2. The van der Waals surface area contributed by atoms with Crippen molar-refractivity contribution in [1.29, 1.82) is 0 Å². The number of hydrogen-bond acceptors (Lipinski definition) is 5. The molecule has 0 fully saturated rings. The van der Waals surface area contributed by atoms with E-state index in [2.05, 4.69) is 25.6 Å². The molecule has 28 heavy (non-hydrogen) atoms. The molecule has 9 nitrogen and oxygen atoms in total. The summed E-state index contributed by atoms with van der Waals surface area (Å²) in [6.45, 7) is 6.68. The van der Waals surface area contributed by atoms with E-state index in [0.717, 1.165) is 29.2 Å². The molecule has 0 spiro atoms. The van der Waals surface area contributed by atoms with Crippen molar-refractivity contribution in [3.8, 4) is 11.3 Å². The van der Waals surface area contributed by atoms with Crippen molar-refractivity contribution < 1.29 is 4.79 Å². The number of aryl methyl sites for hydroxylation is 2. The molecule has 0 bridgehead atoms. The predicted molar refractivity (Wildman–Crippen MR) is 104 cm³/mol. The standard InChI is InChI=1S/C19H22N8O/c1-5-26-16(7-9-21-26)12(2)23-19(28)15-10-18-20-8-6-17(27(18)24-15)14-11-22-25(4)13(14)3/h6-12H,5H2,1-4H3,(H,23,28). The highest BCUT2D eigenvalue weighted by Gasteiger charge is 2.19. The zero-order chi connectivity index (χ0) is 19.8. The first-order chi connectivity index (χ1) is 13.5. The van der Waals surface area contributed by atoms with Gasteiger partial charge in [-0.2, -0.15) is 15.3 Å².